The van der Waals surface area contributed by atoms with Crippen LogP contribution in [-0.2, 0) is 6.42 Å². The van der Waals surface area contributed by atoms with Crippen molar-refractivity contribution in [1.29, 1.82) is 0 Å². The Bertz CT molecular complexity index is 2610. The summed E-state index contributed by atoms with van der Waals surface area (Å²) in [6.07, 6.45) is 4.63. The van der Waals surface area contributed by atoms with Crippen LogP contribution in [0.25, 0.3) is 93.4 Å². The number of benzene rings is 8. The maximum absolute atomic E-state index is 6.58. The first-order valence-corrected chi connectivity index (χ1v) is 15.2. The second-order valence-corrected chi connectivity index (χ2v) is 11.9. The smallest absolute Gasteiger partial charge is 0.143 e. The second-order valence-electron chi connectivity index (χ2n) is 11.9. The van der Waals surface area contributed by atoms with Gasteiger partial charge < -0.3 is 4.42 Å². The molecule has 1 aliphatic rings. The van der Waals surface area contributed by atoms with Crippen LogP contribution in [0.15, 0.2) is 132 Å². The molecule has 1 aromatic heterocycles. The lowest BCUT2D eigenvalue weighted by atomic mass is 9.82. The van der Waals surface area contributed by atoms with Gasteiger partial charge in [-0.05, 0) is 83.9 Å². The molecule has 0 spiro atoms. The van der Waals surface area contributed by atoms with Crippen LogP contribution in [0, 0.1) is 0 Å². The van der Waals surface area contributed by atoms with Gasteiger partial charge in [0.2, 0.25) is 0 Å². The molecule has 9 aromatic rings. The molecule has 1 heteroatoms. The molecule has 0 aliphatic heterocycles. The summed E-state index contributed by atoms with van der Waals surface area (Å²) < 4.78 is 6.58. The molecule has 0 fully saturated rings. The normalized spacial score (nSPS) is 13.1. The average molecular weight is 547 g/mol. The number of para-hydroxylation sites is 2. The van der Waals surface area contributed by atoms with Crippen LogP contribution in [0.5, 0.6) is 0 Å². The Morgan fingerprint density at radius 1 is 0.442 bits per heavy atom. The number of furan rings is 1. The van der Waals surface area contributed by atoms with Crippen LogP contribution >= 0.6 is 0 Å². The third kappa shape index (κ3) is 3.12. The van der Waals surface area contributed by atoms with Crippen LogP contribution < -0.4 is 5.22 Å². The molecule has 0 bridgehead atoms. The molecule has 0 unspecified atom stereocenters. The zero-order valence-corrected chi connectivity index (χ0v) is 23.5. The summed E-state index contributed by atoms with van der Waals surface area (Å²) in [4.78, 5) is 0. The highest BCUT2D eigenvalue weighted by molar-refractivity contribution is 6.27. The fourth-order valence-corrected chi connectivity index (χ4v) is 7.88. The maximum atomic E-state index is 6.58. The highest BCUT2D eigenvalue weighted by Crippen LogP contribution is 2.48. The molecule has 43 heavy (non-hydrogen) atoms. The van der Waals surface area contributed by atoms with Gasteiger partial charge in [0.15, 0.2) is 0 Å². The Kier molecular flexibility index (Phi) is 4.62. The quantitative estimate of drug-likeness (QED) is 0.197. The fraction of sp³-hybridized carbons (Fsp3) is 0.0476. The van der Waals surface area contributed by atoms with Crippen LogP contribution in [0.4, 0.5) is 0 Å². The molecule has 200 valence electrons. The van der Waals surface area contributed by atoms with Crippen LogP contribution in [0.3, 0.4) is 0 Å². The average Bonchev–Trinajstić information content (AvgIpc) is 3.45. The van der Waals surface area contributed by atoms with Crippen molar-refractivity contribution in [2.75, 3.05) is 0 Å². The first-order valence-electron chi connectivity index (χ1n) is 15.2. The summed E-state index contributed by atoms with van der Waals surface area (Å²) in [6.45, 7) is 0. The van der Waals surface area contributed by atoms with Crippen molar-refractivity contribution in [3.05, 3.63) is 138 Å². The molecule has 0 saturated heterocycles. The molecule has 8 aromatic carbocycles. The van der Waals surface area contributed by atoms with Gasteiger partial charge in [-0.15, -0.1) is 0 Å². The standard InChI is InChI=1S/C42H26O/c1-3-14-31-29(12-1)40(34-24-22-27-20-19-25-9-7-10-26-21-23-33(34)39(27)38(25)26)30-13-2-4-15-32(30)41(31)36-17-8-16-35-28-11-5-6-18-37(28)43-42(35)36/h1-6,8-9,11-24H,7,10H2. The van der Waals surface area contributed by atoms with E-state index in [2.05, 4.69) is 127 Å². The summed E-state index contributed by atoms with van der Waals surface area (Å²) in [6, 6.07) is 46.8. The number of rotatable bonds is 2. The van der Waals surface area contributed by atoms with E-state index in [9.17, 15) is 0 Å². The minimum Gasteiger partial charge on any atom is -0.455 e. The summed E-state index contributed by atoms with van der Waals surface area (Å²) in [5.41, 5.74) is 8.30. The molecule has 0 atom stereocenters. The van der Waals surface area contributed by atoms with Gasteiger partial charge in [-0.1, -0.05) is 127 Å². The molecule has 10 rings (SSSR count). The van der Waals surface area contributed by atoms with E-state index in [1.807, 2.05) is 6.07 Å². The van der Waals surface area contributed by atoms with E-state index in [1.54, 1.807) is 0 Å². The van der Waals surface area contributed by atoms with Crippen LogP contribution in [-0.4, -0.2) is 0 Å². The molecular weight excluding hydrogens is 520 g/mol. The zero-order chi connectivity index (χ0) is 28.1. The zero-order valence-electron chi connectivity index (χ0n) is 23.5. The molecule has 0 N–H and O–H groups in total. The van der Waals surface area contributed by atoms with Crippen molar-refractivity contribution in [3.63, 3.8) is 0 Å². The first-order chi connectivity index (χ1) is 21.3. The van der Waals surface area contributed by atoms with Gasteiger partial charge in [0, 0.05) is 21.9 Å². The second kappa shape index (κ2) is 8.56. The summed E-state index contributed by atoms with van der Waals surface area (Å²) >= 11 is 0. The molecule has 0 saturated carbocycles. The van der Waals surface area contributed by atoms with E-state index < -0.39 is 0 Å². The van der Waals surface area contributed by atoms with Gasteiger partial charge in [0.25, 0.3) is 0 Å². The van der Waals surface area contributed by atoms with Crippen molar-refractivity contribution in [1.82, 2.24) is 0 Å². The van der Waals surface area contributed by atoms with Crippen LogP contribution in [0.1, 0.15) is 12.0 Å². The summed E-state index contributed by atoms with van der Waals surface area (Å²) in [7, 11) is 0. The molecule has 1 nitrogen and oxygen atoms in total. The van der Waals surface area contributed by atoms with Crippen molar-refractivity contribution in [2.45, 2.75) is 12.8 Å². The van der Waals surface area contributed by atoms with E-state index in [1.165, 1.54) is 70.6 Å². The van der Waals surface area contributed by atoms with Gasteiger partial charge in [-0.3, -0.25) is 0 Å². The lowest BCUT2D eigenvalue weighted by Gasteiger charge is -2.21. The highest BCUT2D eigenvalue weighted by atomic mass is 16.3. The highest BCUT2D eigenvalue weighted by Gasteiger charge is 2.22. The van der Waals surface area contributed by atoms with Crippen molar-refractivity contribution in [3.8, 4) is 22.3 Å². The van der Waals surface area contributed by atoms with Crippen molar-refractivity contribution >= 4 is 71.1 Å². The summed E-state index contributed by atoms with van der Waals surface area (Å²) in [5, 5.41) is 14.2. The predicted octanol–water partition coefficient (Wildman–Crippen LogP) is 11.0. The number of hydrogen-bond donors (Lipinski definition) is 0. The first kappa shape index (κ1) is 23.2. The van der Waals surface area contributed by atoms with E-state index in [0.29, 0.717) is 0 Å². The third-order valence-corrected chi connectivity index (χ3v) is 9.68. The van der Waals surface area contributed by atoms with Gasteiger partial charge >= 0.3 is 0 Å². The van der Waals surface area contributed by atoms with Gasteiger partial charge in [-0.25, -0.2) is 0 Å². The Balaban J connectivity index is 1.37. The van der Waals surface area contributed by atoms with E-state index in [4.69, 9.17) is 4.42 Å². The van der Waals surface area contributed by atoms with E-state index in [0.717, 1.165) is 40.3 Å². The molecule has 1 aliphatic carbocycles. The maximum Gasteiger partial charge on any atom is 0.143 e. The fourth-order valence-electron chi connectivity index (χ4n) is 7.88. The lowest BCUT2D eigenvalue weighted by Crippen LogP contribution is -2.10. The number of aryl methyl sites for hydroxylation is 1. The molecule has 0 amide bonds. The number of hydrogen-bond acceptors (Lipinski definition) is 1. The van der Waals surface area contributed by atoms with Gasteiger partial charge in [0.05, 0.1) is 0 Å². The monoisotopic (exact) mass is 546 g/mol. The van der Waals surface area contributed by atoms with E-state index >= 15 is 0 Å². The largest absolute Gasteiger partial charge is 0.455 e. The topological polar surface area (TPSA) is 13.1 Å². The lowest BCUT2D eigenvalue weighted by molar-refractivity contribution is 0.670. The molecule has 0 radical (unpaired) electrons. The minimum absolute atomic E-state index is 0.925. The SMILES string of the molecule is C1=c2ccc3ccc(-c4c5ccccc5c(-c5cccc6c5oc5ccccc56)c5ccccc45)c4ccc(c2c34)CC1. The van der Waals surface area contributed by atoms with E-state index in [-0.39, 0.29) is 0 Å². The molecular formula is C42H26O. The van der Waals surface area contributed by atoms with Crippen LogP contribution in [0.2, 0.25) is 0 Å². The Morgan fingerprint density at radius 2 is 1.09 bits per heavy atom. The Morgan fingerprint density at radius 3 is 1.86 bits per heavy atom. The number of fused-ring (bicyclic) bond motifs is 5. The minimum atomic E-state index is 0.925. The molecule has 1 heterocycles. The van der Waals surface area contributed by atoms with Crippen molar-refractivity contribution in [2.24, 2.45) is 0 Å². The Hall–Kier alpha value is -5.40. The third-order valence-electron chi connectivity index (χ3n) is 9.68. The van der Waals surface area contributed by atoms with Crippen molar-refractivity contribution < 1.29 is 4.42 Å². The van der Waals surface area contributed by atoms with Gasteiger partial charge in [-0.2, -0.15) is 0 Å². The Labute approximate surface area is 248 Å². The summed E-state index contributed by atoms with van der Waals surface area (Å²) in [5.74, 6) is 0. The predicted molar refractivity (Wildman–Crippen MR) is 183 cm³/mol. The van der Waals surface area contributed by atoms with Gasteiger partial charge in [0.1, 0.15) is 11.2 Å².